The van der Waals surface area contributed by atoms with E-state index < -0.39 is 18.4 Å². The van der Waals surface area contributed by atoms with Crippen LogP contribution in [0, 0.1) is 0 Å². The Morgan fingerprint density at radius 1 is 0.970 bits per heavy atom. The van der Waals surface area contributed by atoms with Crippen LogP contribution in [0.4, 0.5) is 13.2 Å². The van der Waals surface area contributed by atoms with Gasteiger partial charge in [0.05, 0.1) is 17.4 Å². The number of aliphatic hydroxyl groups is 1. The molecule has 5 nitrogen and oxygen atoms in total. The molecule has 8 heteroatoms. The minimum atomic E-state index is -4.94. The van der Waals surface area contributed by atoms with E-state index in [2.05, 4.69) is 5.10 Å². The zero-order valence-electron chi connectivity index (χ0n) is 18.3. The minimum Gasteiger partial charge on any atom is -0.490 e. The van der Waals surface area contributed by atoms with Crippen LogP contribution in [0.2, 0.25) is 0 Å². The van der Waals surface area contributed by atoms with E-state index in [0.717, 1.165) is 11.3 Å². The molecule has 1 unspecified atom stereocenters. The van der Waals surface area contributed by atoms with Gasteiger partial charge in [0.25, 0.3) is 0 Å². The maximum Gasteiger partial charge on any atom is 0.424 e. The minimum absolute atomic E-state index is 0.248. The quantitative estimate of drug-likeness (QED) is 0.430. The van der Waals surface area contributed by atoms with Crippen LogP contribution in [0.1, 0.15) is 11.1 Å². The summed E-state index contributed by atoms with van der Waals surface area (Å²) in [4.78, 5) is 1.98. The standard InChI is InChI=1S/C25H24F3N3O2/c1-30(2)16-18-8-11-22(12-9-18)33-17-24(32,25(26,27)28)20-10-13-23-19(14-20)15-29-31(23)21-6-4-3-5-7-21/h3-15,32H,16-17H2,1-2H3. The van der Waals surface area contributed by atoms with Crippen molar-refractivity contribution in [3.63, 3.8) is 0 Å². The third-order valence-electron chi connectivity index (χ3n) is 5.39. The first kappa shape index (κ1) is 22.8. The fraction of sp³-hybridized carbons (Fsp3) is 0.240. The molecule has 0 radical (unpaired) electrons. The number of nitrogens with zero attached hydrogens (tertiary/aromatic N) is 3. The van der Waals surface area contributed by atoms with E-state index in [9.17, 15) is 18.3 Å². The molecule has 33 heavy (non-hydrogen) atoms. The molecule has 0 fully saturated rings. The van der Waals surface area contributed by atoms with E-state index >= 15 is 0 Å². The zero-order valence-corrected chi connectivity index (χ0v) is 18.3. The molecule has 1 atom stereocenters. The second-order valence-corrected chi connectivity index (χ2v) is 8.19. The lowest BCUT2D eigenvalue weighted by atomic mass is 9.93. The summed E-state index contributed by atoms with van der Waals surface area (Å²) < 4.78 is 49.1. The van der Waals surface area contributed by atoms with Crippen molar-refractivity contribution in [1.29, 1.82) is 0 Å². The molecule has 3 aromatic carbocycles. The van der Waals surface area contributed by atoms with Crippen molar-refractivity contribution in [2.24, 2.45) is 0 Å². The molecule has 0 saturated carbocycles. The Morgan fingerprint density at radius 2 is 1.67 bits per heavy atom. The Bertz CT molecular complexity index is 1220. The maximum atomic E-state index is 14.0. The fourth-order valence-electron chi connectivity index (χ4n) is 3.64. The lowest BCUT2D eigenvalue weighted by Gasteiger charge is -2.31. The van der Waals surface area contributed by atoms with Gasteiger partial charge in [-0.3, -0.25) is 0 Å². The molecule has 172 valence electrons. The summed E-state index contributed by atoms with van der Waals surface area (Å²) in [7, 11) is 3.85. The molecule has 1 aromatic heterocycles. The van der Waals surface area contributed by atoms with Crippen LogP contribution in [0.15, 0.2) is 79.0 Å². The van der Waals surface area contributed by atoms with Crippen LogP contribution in [0.25, 0.3) is 16.6 Å². The number of rotatable bonds is 7. The van der Waals surface area contributed by atoms with Gasteiger partial charge in [0.2, 0.25) is 5.60 Å². The van der Waals surface area contributed by atoms with E-state index in [0.29, 0.717) is 17.4 Å². The van der Waals surface area contributed by atoms with Gasteiger partial charge < -0.3 is 14.7 Å². The lowest BCUT2D eigenvalue weighted by Crippen LogP contribution is -2.47. The summed E-state index contributed by atoms with van der Waals surface area (Å²) in [5.74, 6) is 0.248. The molecule has 0 saturated heterocycles. The Hall–Kier alpha value is -3.36. The highest BCUT2D eigenvalue weighted by molar-refractivity contribution is 5.81. The second-order valence-electron chi connectivity index (χ2n) is 8.19. The van der Waals surface area contributed by atoms with Crippen LogP contribution >= 0.6 is 0 Å². The summed E-state index contributed by atoms with van der Waals surface area (Å²) in [6.45, 7) is -0.273. The van der Waals surface area contributed by atoms with E-state index in [1.54, 1.807) is 28.9 Å². The van der Waals surface area contributed by atoms with Crippen LogP contribution in [0.5, 0.6) is 5.75 Å². The van der Waals surface area contributed by atoms with Gasteiger partial charge in [0.1, 0.15) is 12.4 Å². The van der Waals surface area contributed by atoms with Gasteiger partial charge in [0.15, 0.2) is 0 Å². The summed E-state index contributed by atoms with van der Waals surface area (Å²) in [6.07, 6.45) is -3.46. The van der Waals surface area contributed by atoms with Gasteiger partial charge in [-0.1, -0.05) is 36.4 Å². The molecule has 0 spiro atoms. The van der Waals surface area contributed by atoms with Gasteiger partial charge in [-0.15, -0.1) is 0 Å². The van der Waals surface area contributed by atoms with Crippen molar-refractivity contribution in [2.45, 2.75) is 18.3 Å². The van der Waals surface area contributed by atoms with Crippen LogP contribution in [-0.4, -0.2) is 46.7 Å². The number of para-hydroxylation sites is 1. The van der Waals surface area contributed by atoms with Crippen molar-refractivity contribution in [3.8, 4) is 11.4 Å². The lowest BCUT2D eigenvalue weighted by molar-refractivity contribution is -0.275. The maximum absolute atomic E-state index is 14.0. The SMILES string of the molecule is CN(C)Cc1ccc(OCC(O)(c2ccc3c(cnn3-c3ccccc3)c2)C(F)(F)F)cc1. The molecule has 1 heterocycles. The monoisotopic (exact) mass is 455 g/mol. The van der Waals surface area contributed by atoms with Crippen LogP contribution in [0.3, 0.4) is 0 Å². The van der Waals surface area contributed by atoms with Gasteiger partial charge in [-0.2, -0.15) is 18.3 Å². The number of aromatic nitrogens is 2. The zero-order chi connectivity index (χ0) is 23.6. The second kappa shape index (κ2) is 8.88. The molecule has 0 amide bonds. The van der Waals surface area contributed by atoms with Crippen molar-refractivity contribution in [2.75, 3.05) is 20.7 Å². The first-order chi connectivity index (χ1) is 15.7. The fourth-order valence-corrected chi connectivity index (χ4v) is 3.64. The number of hydrogen-bond donors (Lipinski definition) is 1. The first-order valence-electron chi connectivity index (χ1n) is 10.4. The molecular weight excluding hydrogens is 431 g/mol. The summed E-state index contributed by atoms with van der Waals surface area (Å²) in [5.41, 5.74) is -1.07. The average molecular weight is 455 g/mol. The third kappa shape index (κ3) is 4.72. The number of benzene rings is 3. The highest BCUT2D eigenvalue weighted by atomic mass is 19.4. The molecule has 4 rings (SSSR count). The summed E-state index contributed by atoms with van der Waals surface area (Å²) in [6, 6.07) is 20.1. The first-order valence-corrected chi connectivity index (χ1v) is 10.4. The molecule has 0 aliphatic rings. The Morgan fingerprint density at radius 3 is 2.30 bits per heavy atom. The predicted molar refractivity (Wildman–Crippen MR) is 120 cm³/mol. The number of halogens is 3. The normalized spacial score (nSPS) is 13.9. The molecule has 0 aliphatic carbocycles. The number of hydrogen-bond acceptors (Lipinski definition) is 4. The highest BCUT2D eigenvalue weighted by Crippen LogP contribution is 2.40. The van der Waals surface area contributed by atoms with Gasteiger partial charge in [-0.25, -0.2) is 4.68 Å². The van der Waals surface area contributed by atoms with E-state index in [4.69, 9.17) is 4.74 Å². The van der Waals surface area contributed by atoms with Gasteiger partial charge >= 0.3 is 6.18 Å². The Kier molecular flexibility index (Phi) is 6.14. The van der Waals surface area contributed by atoms with E-state index in [1.165, 1.54) is 24.4 Å². The van der Waals surface area contributed by atoms with Crippen molar-refractivity contribution >= 4 is 10.9 Å². The number of ether oxygens (including phenoxy) is 1. The molecule has 0 bridgehead atoms. The summed E-state index contributed by atoms with van der Waals surface area (Å²) >= 11 is 0. The van der Waals surface area contributed by atoms with Gasteiger partial charge in [0, 0.05) is 11.9 Å². The largest absolute Gasteiger partial charge is 0.490 e. The average Bonchev–Trinajstić information content (AvgIpc) is 3.21. The Labute approximate surface area is 189 Å². The third-order valence-corrected chi connectivity index (χ3v) is 5.39. The van der Waals surface area contributed by atoms with Crippen molar-refractivity contribution < 1.29 is 23.0 Å². The number of alkyl halides is 3. The van der Waals surface area contributed by atoms with E-state index in [-0.39, 0.29) is 11.3 Å². The summed E-state index contributed by atoms with van der Waals surface area (Å²) in [5, 5.41) is 15.5. The van der Waals surface area contributed by atoms with Crippen molar-refractivity contribution in [3.05, 3.63) is 90.1 Å². The Balaban J connectivity index is 1.61. The van der Waals surface area contributed by atoms with E-state index in [1.807, 2.05) is 49.3 Å². The molecule has 1 N–H and O–H groups in total. The predicted octanol–water partition coefficient (Wildman–Crippen LogP) is 4.92. The number of fused-ring (bicyclic) bond motifs is 1. The topological polar surface area (TPSA) is 50.5 Å². The van der Waals surface area contributed by atoms with Gasteiger partial charge in [-0.05, 0) is 61.6 Å². The molecule has 0 aliphatic heterocycles. The van der Waals surface area contributed by atoms with Crippen molar-refractivity contribution in [1.82, 2.24) is 14.7 Å². The molecule has 4 aromatic rings. The van der Waals surface area contributed by atoms with Crippen LogP contribution < -0.4 is 4.74 Å². The highest BCUT2D eigenvalue weighted by Gasteiger charge is 2.56. The van der Waals surface area contributed by atoms with Crippen LogP contribution in [-0.2, 0) is 12.1 Å². The molecular formula is C25H24F3N3O2. The smallest absolute Gasteiger partial charge is 0.424 e.